The van der Waals surface area contributed by atoms with Crippen molar-refractivity contribution in [2.45, 2.75) is 6.54 Å². The average Bonchev–Trinajstić information content (AvgIpc) is 2.97. The van der Waals surface area contributed by atoms with Crippen molar-refractivity contribution in [2.24, 2.45) is 0 Å². The molecule has 110 valence electrons. The highest BCUT2D eigenvalue weighted by Gasteiger charge is 2.14. The first-order valence-electron chi connectivity index (χ1n) is 5.91. The third kappa shape index (κ3) is 3.89. The summed E-state index contributed by atoms with van der Waals surface area (Å²) >= 11 is 4.27. The molecule has 1 heterocycles. The molecule has 0 atom stereocenters. The molecule has 0 fully saturated rings. The highest BCUT2D eigenvalue weighted by atomic mass is 79.9. The molecule has 2 rings (SSSR count). The van der Waals surface area contributed by atoms with Gasteiger partial charge in [-0.25, -0.2) is 9.18 Å². The van der Waals surface area contributed by atoms with Crippen LogP contribution in [0.15, 0.2) is 34.8 Å². The van der Waals surface area contributed by atoms with E-state index in [0.717, 1.165) is 15.8 Å². The summed E-state index contributed by atoms with van der Waals surface area (Å²) in [5.41, 5.74) is 0.377. The van der Waals surface area contributed by atoms with Gasteiger partial charge in [0.25, 0.3) is 5.91 Å². The molecule has 0 unspecified atom stereocenters. The topological polar surface area (TPSA) is 55.4 Å². The van der Waals surface area contributed by atoms with Crippen molar-refractivity contribution in [3.05, 3.63) is 55.9 Å². The number of carbonyl (C=O) groups excluding carboxylic acids is 2. The number of methoxy groups -OCH3 is 1. The molecule has 0 saturated heterocycles. The predicted molar refractivity (Wildman–Crippen MR) is 80.9 cm³/mol. The molecule has 4 nitrogen and oxygen atoms in total. The zero-order chi connectivity index (χ0) is 15.4. The molecular weight excluding hydrogens is 361 g/mol. The van der Waals surface area contributed by atoms with Crippen LogP contribution >= 0.6 is 27.3 Å². The Morgan fingerprint density at radius 3 is 2.71 bits per heavy atom. The lowest BCUT2D eigenvalue weighted by molar-refractivity contribution is 0.0606. The van der Waals surface area contributed by atoms with E-state index in [4.69, 9.17) is 0 Å². The highest BCUT2D eigenvalue weighted by Crippen LogP contribution is 2.18. The van der Waals surface area contributed by atoms with Crippen LogP contribution in [0.4, 0.5) is 4.39 Å². The zero-order valence-corrected chi connectivity index (χ0v) is 13.4. The number of thiophene rings is 1. The first-order chi connectivity index (χ1) is 10.0. The van der Waals surface area contributed by atoms with Crippen LogP contribution in [0.25, 0.3) is 0 Å². The van der Waals surface area contributed by atoms with Crippen LogP contribution in [-0.4, -0.2) is 19.0 Å². The molecular formula is C14H11BrFNO3S. The Balaban J connectivity index is 2.03. The number of ether oxygens (including phenoxy) is 1. The normalized spacial score (nSPS) is 10.2. The number of benzene rings is 1. The van der Waals surface area contributed by atoms with E-state index >= 15 is 0 Å². The number of hydrogen-bond donors (Lipinski definition) is 1. The van der Waals surface area contributed by atoms with Crippen molar-refractivity contribution in [3.8, 4) is 0 Å². The van der Waals surface area contributed by atoms with Gasteiger partial charge in [0.15, 0.2) is 0 Å². The third-order valence-corrected chi connectivity index (χ3v) is 4.22. The molecule has 7 heteroatoms. The summed E-state index contributed by atoms with van der Waals surface area (Å²) in [6.45, 7) is 0.0650. The standard InChI is InChI=1S/C14H11BrFNO3S/c1-20-14(19)12-5-4-11(21-12)13(18)17-7-8-6-9(15)2-3-10(8)16/h2-6H,7H2,1H3,(H,17,18). The van der Waals surface area contributed by atoms with Crippen LogP contribution in [0.2, 0.25) is 0 Å². The van der Waals surface area contributed by atoms with Crippen LogP contribution in [0.1, 0.15) is 24.9 Å². The largest absolute Gasteiger partial charge is 0.465 e. The molecule has 0 aliphatic heterocycles. The third-order valence-electron chi connectivity index (χ3n) is 2.66. The summed E-state index contributed by atoms with van der Waals surface area (Å²) < 4.78 is 18.9. The summed E-state index contributed by atoms with van der Waals surface area (Å²) in [6, 6.07) is 7.56. The van der Waals surface area contributed by atoms with Gasteiger partial charge in [-0.3, -0.25) is 4.79 Å². The van der Waals surface area contributed by atoms with Gasteiger partial charge in [0.1, 0.15) is 10.7 Å². The van der Waals surface area contributed by atoms with E-state index in [1.165, 1.54) is 25.3 Å². The lowest BCUT2D eigenvalue weighted by Gasteiger charge is -2.05. The van der Waals surface area contributed by atoms with Crippen LogP contribution in [-0.2, 0) is 11.3 Å². The van der Waals surface area contributed by atoms with Crippen LogP contribution in [0, 0.1) is 5.82 Å². The van der Waals surface area contributed by atoms with Crippen LogP contribution in [0.5, 0.6) is 0 Å². The number of hydrogen-bond acceptors (Lipinski definition) is 4. The van der Waals surface area contributed by atoms with Crippen molar-refractivity contribution in [1.29, 1.82) is 0 Å². The second-order valence-corrected chi connectivity index (χ2v) is 6.07. The first-order valence-corrected chi connectivity index (χ1v) is 7.52. The fourth-order valence-corrected chi connectivity index (χ4v) is 2.86. The maximum Gasteiger partial charge on any atom is 0.348 e. The van der Waals surface area contributed by atoms with Crippen LogP contribution < -0.4 is 5.32 Å². The van der Waals surface area contributed by atoms with E-state index in [0.29, 0.717) is 15.3 Å². The summed E-state index contributed by atoms with van der Waals surface area (Å²) in [7, 11) is 1.28. The maximum atomic E-state index is 13.5. The van der Waals surface area contributed by atoms with Gasteiger partial charge >= 0.3 is 5.97 Å². The van der Waals surface area contributed by atoms with Gasteiger partial charge in [0.2, 0.25) is 0 Å². The Bertz CT molecular complexity index is 687. The maximum absolute atomic E-state index is 13.5. The van der Waals surface area contributed by atoms with E-state index in [9.17, 15) is 14.0 Å². The molecule has 0 aliphatic carbocycles. The minimum atomic E-state index is -0.489. The van der Waals surface area contributed by atoms with Gasteiger partial charge in [-0.05, 0) is 30.3 Å². The first kappa shape index (κ1) is 15.7. The SMILES string of the molecule is COC(=O)c1ccc(C(=O)NCc2cc(Br)ccc2F)s1. The van der Waals surface area contributed by atoms with E-state index in [-0.39, 0.29) is 18.3 Å². The van der Waals surface area contributed by atoms with Gasteiger partial charge in [0.05, 0.1) is 12.0 Å². The van der Waals surface area contributed by atoms with Gasteiger partial charge in [0, 0.05) is 16.6 Å². The van der Waals surface area contributed by atoms with E-state index in [1.807, 2.05) is 0 Å². The second-order valence-electron chi connectivity index (χ2n) is 4.07. The molecule has 1 aromatic carbocycles. The fraction of sp³-hybridized carbons (Fsp3) is 0.143. The van der Waals surface area contributed by atoms with Crippen molar-refractivity contribution in [1.82, 2.24) is 5.32 Å². The minimum Gasteiger partial charge on any atom is -0.465 e. The van der Waals surface area contributed by atoms with E-state index in [1.54, 1.807) is 12.1 Å². The molecule has 0 bridgehead atoms. The van der Waals surface area contributed by atoms with Crippen molar-refractivity contribution < 1.29 is 18.7 Å². The number of nitrogens with one attached hydrogen (secondary N) is 1. The second kappa shape index (κ2) is 6.82. The molecule has 2 aromatic rings. The quantitative estimate of drug-likeness (QED) is 0.838. The Kier molecular flexibility index (Phi) is 5.08. The molecule has 1 N–H and O–H groups in total. The van der Waals surface area contributed by atoms with Crippen molar-refractivity contribution in [3.63, 3.8) is 0 Å². The smallest absolute Gasteiger partial charge is 0.348 e. The molecule has 0 spiro atoms. The number of esters is 1. The summed E-state index contributed by atoms with van der Waals surface area (Å²) in [5.74, 6) is -1.24. The van der Waals surface area contributed by atoms with Crippen LogP contribution in [0.3, 0.4) is 0 Å². The van der Waals surface area contributed by atoms with Gasteiger partial charge < -0.3 is 10.1 Å². The Morgan fingerprint density at radius 1 is 1.29 bits per heavy atom. The number of rotatable bonds is 4. The van der Waals surface area contributed by atoms with Gasteiger partial charge in [-0.2, -0.15) is 0 Å². The summed E-state index contributed by atoms with van der Waals surface area (Å²) in [5, 5.41) is 2.61. The number of halogens is 2. The van der Waals surface area contributed by atoms with E-state index in [2.05, 4.69) is 26.0 Å². The molecule has 0 radical (unpaired) electrons. The van der Waals surface area contributed by atoms with Crippen molar-refractivity contribution >= 4 is 39.1 Å². The van der Waals surface area contributed by atoms with Crippen molar-refractivity contribution in [2.75, 3.05) is 7.11 Å². The minimum absolute atomic E-state index is 0.0650. The predicted octanol–water partition coefficient (Wildman–Crippen LogP) is 3.37. The molecule has 0 saturated carbocycles. The average molecular weight is 372 g/mol. The number of carbonyl (C=O) groups is 2. The monoisotopic (exact) mass is 371 g/mol. The van der Waals surface area contributed by atoms with Gasteiger partial charge in [-0.15, -0.1) is 11.3 Å². The Labute approximate surface area is 133 Å². The Morgan fingerprint density at radius 2 is 2.00 bits per heavy atom. The Hall–Kier alpha value is -1.73. The molecule has 0 aliphatic rings. The lowest BCUT2D eigenvalue weighted by atomic mass is 10.2. The lowest BCUT2D eigenvalue weighted by Crippen LogP contribution is -2.22. The molecule has 21 heavy (non-hydrogen) atoms. The summed E-state index contributed by atoms with van der Waals surface area (Å²) in [4.78, 5) is 24.0. The molecule has 1 amide bonds. The summed E-state index contributed by atoms with van der Waals surface area (Å²) in [6.07, 6.45) is 0. The highest BCUT2D eigenvalue weighted by molar-refractivity contribution is 9.10. The van der Waals surface area contributed by atoms with E-state index < -0.39 is 5.97 Å². The van der Waals surface area contributed by atoms with Gasteiger partial charge in [-0.1, -0.05) is 15.9 Å². The fourth-order valence-electron chi connectivity index (χ4n) is 1.61. The zero-order valence-electron chi connectivity index (χ0n) is 11.0. The molecule has 1 aromatic heterocycles. The number of amides is 1.